The maximum atomic E-state index is 13.9. The molecule has 0 aromatic heterocycles. The van der Waals surface area contributed by atoms with E-state index in [0.29, 0.717) is 23.4 Å². The van der Waals surface area contributed by atoms with Gasteiger partial charge in [0.05, 0.1) is 6.54 Å². The molecule has 0 aliphatic carbocycles. The number of aliphatic imine (C=N–C) groups is 2. The van der Waals surface area contributed by atoms with Crippen LogP contribution in [-0.2, 0) is 6.54 Å². The van der Waals surface area contributed by atoms with Gasteiger partial charge in [-0.15, -0.1) is 0 Å². The molecular formula is C32H30FN5O2. The highest BCUT2D eigenvalue weighted by molar-refractivity contribution is 6.17. The molecule has 0 saturated carbocycles. The summed E-state index contributed by atoms with van der Waals surface area (Å²) in [6, 6.07) is 20.8. The normalized spacial score (nSPS) is 17.2. The first-order valence-corrected chi connectivity index (χ1v) is 12.8. The fraction of sp³-hybridized carbons (Fsp3) is 0.125. The second-order valence-corrected chi connectivity index (χ2v) is 8.99. The van der Waals surface area contributed by atoms with Gasteiger partial charge in [-0.3, -0.25) is 14.8 Å². The zero-order valence-electron chi connectivity index (χ0n) is 22.3. The SMILES string of the molecule is CNC(=O)Nc1cccc(/C2=C/N=C(C)\C=C(\c3cccc(C(=O)NCc4ccccc4F)c3)C=NCC=C2)c1. The van der Waals surface area contributed by atoms with E-state index in [2.05, 4.69) is 25.9 Å². The van der Waals surface area contributed by atoms with Gasteiger partial charge >= 0.3 is 6.03 Å². The number of urea groups is 1. The summed E-state index contributed by atoms with van der Waals surface area (Å²) < 4.78 is 13.9. The van der Waals surface area contributed by atoms with Crippen LogP contribution >= 0.6 is 0 Å². The summed E-state index contributed by atoms with van der Waals surface area (Å²) in [6.07, 6.45) is 9.32. The molecule has 202 valence electrons. The van der Waals surface area contributed by atoms with E-state index < -0.39 is 0 Å². The Bertz CT molecular complexity index is 1550. The highest BCUT2D eigenvalue weighted by atomic mass is 19.1. The molecule has 0 atom stereocenters. The van der Waals surface area contributed by atoms with Crippen LogP contribution in [0.3, 0.4) is 0 Å². The van der Waals surface area contributed by atoms with Gasteiger partial charge in [-0.2, -0.15) is 0 Å². The molecule has 0 spiro atoms. The number of nitrogens with one attached hydrogen (secondary N) is 3. The molecule has 8 heteroatoms. The zero-order valence-corrected chi connectivity index (χ0v) is 22.3. The molecule has 3 amide bonds. The van der Waals surface area contributed by atoms with Gasteiger partial charge in [0.2, 0.25) is 0 Å². The number of hydrogen-bond donors (Lipinski definition) is 3. The largest absolute Gasteiger partial charge is 0.348 e. The van der Waals surface area contributed by atoms with E-state index in [0.717, 1.165) is 28.0 Å². The van der Waals surface area contributed by atoms with E-state index in [1.54, 1.807) is 55.9 Å². The highest BCUT2D eigenvalue weighted by Gasteiger charge is 2.10. The lowest BCUT2D eigenvalue weighted by atomic mass is 10.0. The minimum atomic E-state index is -0.357. The van der Waals surface area contributed by atoms with Crippen molar-refractivity contribution in [3.05, 3.63) is 125 Å². The van der Waals surface area contributed by atoms with Gasteiger partial charge < -0.3 is 16.0 Å². The molecule has 0 radical (unpaired) electrons. The number of benzene rings is 3. The average Bonchev–Trinajstić information content (AvgIpc) is 3.01. The number of anilines is 1. The third-order valence-corrected chi connectivity index (χ3v) is 6.05. The summed E-state index contributed by atoms with van der Waals surface area (Å²) in [5.41, 5.74) is 5.64. The van der Waals surface area contributed by atoms with Crippen LogP contribution in [0, 0.1) is 5.82 Å². The van der Waals surface area contributed by atoms with Crippen molar-refractivity contribution in [3.8, 4) is 0 Å². The predicted octanol–water partition coefficient (Wildman–Crippen LogP) is 6.03. The van der Waals surface area contributed by atoms with Crippen molar-refractivity contribution in [3.63, 3.8) is 0 Å². The van der Waals surface area contributed by atoms with E-state index in [1.807, 2.05) is 55.5 Å². The van der Waals surface area contributed by atoms with E-state index in [-0.39, 0.29) is 24.3 Å². The lowest BCUT2D eigenvalue weighted by Crippen LogP contribution is -2.24. The summed E-state index contributed by atoms with van der Waals surface area (Å²) in [6.45, 7) is 2.42. The Kier molecular flexibility index (Phi) is 9.50. The number of carbonyl (C=O) groups is 2. The molecular weight excluding hydrogens is 505 g/mol. The van der Waals surface area contributed by atoms with Gasteiger partial charge in [-0.1, -0.05) is 54.6 Å². The average molecular weight is 536 g/mol. The van der Waals surface area contributed by atoms with E-state index >= 15 is 0 Å². The molecule has 3 N–H and O–H groups in total. The molecule has 3 aromatic carbocycles. The minimum absolute atomic E-state index is 0.0947. The van der Waals surface area contributed by atoms with Crippen molar-refractivity contribution >= 4 is 40.7 Å². The quantitative estimate of drug-likeness (QED) is 0.359. The van der Waals surface area contributed by atoms with Gasteiger partial charge in [-0.05, 0) is 60.0 Å². The van der Waals surface area contributed by atoms with Crippen LogP contribution in [0.1, 0.15) is 34.0 Å². The summed E-state index contributed by atoms with van der Waals surface area (Å²) in [5, 5.41) is 8.10. The predicted molar refractivity (Wildman–Crippen MR) is 160 cm³/mol. The minimum Gasteiger partial charge on any atom is -0.348 e. The molecule has 1 aliphatic rings. The number of nitrogens with zero attached hydrogens (tertiary/aromatic N) is 2. The fourth-order valence-corrected chi connectivity index (χ4v) is 3.96. The van der Waals surface area contributed by atoms with E-state index in [4.69, 9.17) is 0 Å². The number of rotatable bonds is 6. The maximum absolute atomic E-state index is 13.9. The molecule has 0 fully saturated rings. The Labute approximate surface area is 233 Å². The lowest BCUT2D eigenvalue weighted by Gasteiger charge is -2.09. The zero-order chi connectivity index (χ0) is 28.3. The number of amides is 3. The molecule has 40 heavy (non-hydrogen) atoms. The van der Waals surface area contributed by atoms with Gasteiger partial charge in [0, 0.05) is 54.1 Å². The van der Waals surface area contributed by atoms with E-state index in [9.17, 15) is 14.0 Å². The lowest BCUT2D eigenvalue weighted by molar-refractivity contribution is 0.0950. The van der Waals surface area contributed by atoms with Crippen LogP contribution in [0.2, 0.25) is 0 Å². The first kappa shape index (κ1) is 27.9. The van der Waals surface area contributed by atoms with E-state index in [1.165, 1.54) is 6.07 Å². The fourth-order valence-electron chi connectivity index (χ4n) is 3.96. The van der Waals surface area contributed by atoms with Crippen molar-refractivity contribution in [2.24, 2.45) is 9.98 Å². The Balaban J connectivity index is 1.56. The number of allylic oxidation sites excluding steroid dienone is 4. The molecule has 7 nitrogen and oxygen atoms in total. The van der Waals surface area contributed by atoms with Crippen LogP contribution in [0.15, 0.2) is 107 Å². The number of carbonyl (C=O) groups excluding carboxylic acids is 2. The first-order valence-electron chi connectivity index (χ1n) is 12.8. The van der Waals surface area contributed by atoms with Gasteiger partial charge in [0.1, 0.15) is 5.82 Å². The van der Waals surface area contributed by atoms with Gasteiger partial charge in [0.15, 0.2) is 0 Å². The van der Waals surface area contributed by atoms with Crippen LogP contribution in [0.5, 0.6) is 0 Å². The standard InChI is InChI=1S/C32H30FN5O2/c1-22-16-28(23-9-5-11-25(17-23)31(39)37-21-27-8-3-4-14-30(27)33)19-35-15-7-12-26(20-36-22)24-10-6-13-29(18-24)38-32(40)34-2/h3-14,16-20H,15,21H2,1-2H3,(H,37,39)(H2,34,38,40)/b12-7?,26-20+,28-16+,35-19?,36-22-. The van der Waals surface area contributed by atoms with Crippen molar-refractivity contribution in [2.75, 3.05) is 18.9 Å². The number of halogens is 1. The van der Waals surface area contributed by atoms with Crippen LogP contribution in [0.4, 0.5) is 14.9 Å². The summed E-state index contributed by atoms with van der Waals surface area (Å²) >= 11 is 0. The Morgan fingerprint density at radius 2 is 1.73 bits per heavy atom. The van der Waals surface area contributed by atoms with Crippen LogP contribution in [-0.4, -0.2) is 37.5 Å². The third-order valence-electron chi connectivity index (χ3n) is 6.05. The Hall–Kier alpha value is -5.11. The van der Waals surface area contributed by atoms with Crippen molar-refractivity contribution < 1.29 is 14.0 Å². The monoisotopic (exact) mass is 535 g/mol. The van der Waals surface area contributed by atoms with Crippen molar-refractivity contribution in [1.29, 1.82) is 0 Å². The molecule has 0 bridgehead atoms. The Morgan fingerprint density at radius 1 is 0.950 bits per heavy atom. The molecule has 0 unspecified atom stereocenters. The smallest absolute Gasteiger partial charge is 0.318 e. The third kappa shape index (κ3) is 7.70. The highest BCUT2D eigenvalue weighted by Crippen LogP contribution is 2.21. The Morgan fingerprint density at radius 3 is 2.52 bits per heavy atom. The first-order chi connectivity index (χ1) is 19.4. The number of hydrogen-bond acceptors (Lipinski definition) is 4. The topological polar surface area (TPSA) is 95.0 Å². The van der Waals surface area contributed by atoms with Crippen LogP contribution < -0.4 is 16.0 Å². The molecule has 3 aromatic rings. The van der Waals surface area contributed by atoms with Crippen molar-refractivity contribution in [2.45, 2.75) is 13.5 Å². The second-order valence-electron chi connectivity index (χ2n) is 8.99. The molecule has 1 aliphatic heterocycles. The molecule has 0 saturated heterocycles. The summed E-state index contributed by atoms with van der Waals surface area (Å²) in [5.74, 6) is -0.655. The maximum Gasteiger partial charge on any atom is 0.318 e. The summed E-state index contributed by atoms with van der Waals surface area (Å²) in [7, 11) is 1.56. The molecule has 1 heterocycles. The van der Waals surface area contributed by atoms with Crippen molar-refractivity contribution in [1.82, 2.24) is 10.6 Å². The summed E-state index contributed by atoms with van der Waals surface area (Å²) in [4.78, 5) is 33.7. The van der Waals surface area contributed by atoms with Crippen LogP contribution in [0.25, 0.3) is 11.1 Å². The second kappa shape index (κ2) is 13.6. The molecule has 4 rings (SSSR count). The van der Waals surface area contributed by atoms with Gasteiger partial charge in [-0.25, -0.2) is 9.18 Å². The van der Waals surface area contributed by atoms with Gasteiger partial charge in [0.25, 0.3) is 5.91 Å².